The van der Waals surface area contributed by atoms with Gasteiger partial charge in [0, 0.05) is 25.6 Å². The lowest BCUT2D eigenvalue weighted by molar-refractivity contribution is -0.334. The highest BCUT2D eigenvalue weighted by Gasteiger charge is 2.72. The molecule has 1 amide bonds. The first-order valence-electron chi connectivity index (χ1n) is 6.07. The Morgan fingerprint density at radius 2 is 1.71 bits per heavy atom. The smallest absolute Gasteiger partial charge is 0.341 e. The SMILES string of the molecule is CC(N)CCC(=O)N1CCC(C(F)(F)F)(C(F)(F)F)C1.Cl. The first kappa shape index (κ1) is 20.3. The molecule has 0 radical (unpaired) electrons. The standard InChI is InChI=1S/C11H16F6N2O.ClH/c1-7(18)2-3-8(20)19-5-4-9(6-19,10(12,13)14)11(15,16)17;/h7H,2-6,18H2,1H3;1H. The zero-order valence-corrected chi connectivity index (χ0v) is 12.0. The van der Waals surface area contributed by atoms with Gasteiger partial charge in [-0.3, -0.25) is 4.79 Å². The van der Waals surface area contributed by atoms with Crippen molar-refractivity contribution < 1.29 is 31.1 Å². The summed E-state index contributed by atoms with van der Waals surface area (Å²) in [6.07, 6.45) is -11.9. The van der Waals surface area contributed by atoms with E-state index >= 15 is 0 Å². The summed E-state index contributed by atoms with van der Waals surface area (Å²) in [5.74, 6) is -0.724. The summed E-state index contributed by atoms with van der Waals surface area (Å²) in [6, 6.07) is -0.337. The molecule has 0 saturated carbocycles. The molecule has 0 aromatic heterocycles. The predicted molar refractivity (Wildman–Crippen MR) is 65.9 cm³/mol. The minimum Gasteiger partial charge on any atom is -0.341 e. The molecule has 1 aliphatic heterocycles. The third kappa shape index (κ3) is 4.15. The van der Waals surface area contributed by atoms with E-state index in [1.807, 2.05) is 0 Å². The van der Waals surface area contributed by atoms with Crippen LogP contribution in [0.4, 0.5) is 26.3 Å². The highest BCUT2D eigenvalue weighted by molar-refractivity contribution is 5.85. The summed E-state index contributed by atoms with van der Waals surface area (Å²) in [7, 11) is 0. The fraction of sp³-hybridized carbons (Fsp3) is 0.909. The Morgan fingerprint density at radius 3 is 2.05 bits per heavy atom. The number of hydrogen-bond acceptors (Lipinski definition) is 2. The summed E-state index contributed by atoms with van der Waals surface area (Å²) in [4.78, 5) is 12.3. The lowest BCUT2D eigenvalue weighted by Crippen LogP contribution is -2.52. The molecule has 1 rings (SSSR count). The van der Waals surface area contributed by atoms with Crippen molar-refractivity contribution in [2.45, 2.75) is 44.6 Å². The van der Waals surface area contributed by atoms with Crippen molar-refractivity contribution in [3.8, 4) is 0 Å². The maximum atomic E-state index is 12.8. The first-order valence-corrected chi connectivity index (χ1v) is 6.07. The zero-order chi connectivity index (χ0) is 15.8. The molecule has 3 nitrogen and oxygen atoms in total. The van der Waals surface area contributed by atoms with Crippen LogP contribution >= 0.6 is 12.4 Å². The topological polar surface area (TPSA) is 46.3 Å². The van der Waals surface area contributed by atoms with Crippen molar-refractivity contribution in [3.05, 3.63) is 0 Å². The Bertz CT molecular complexity index is 355. The molecule has 1 unspecified atom stereocenters. The van der Waals surface area contributed by atoms with Crippen LogP contribution in [0.2, 0.25) is 0 Å². The zero-order valence-electron chi connectivity index (χ0n) is 11.2. The van der Waals surface area contributed by atoms with Gasteiger partial charge >= 0.3 is 12.4 Å². The normalized spacial score (nSPS) is 20.1. The Balaban J connectivity index is 0.00000400. The van der Waals surface area contributed by atoms with E-state index in [1.54, 1.807) is 6.92 Å². The highest BCUT2D eigenvalue weighted by Crippen LogP contribution is 2.55. The molecule has 10 heteroatoms. The Morgan fingerprint density at radius 1 is 1.24 bits per heavy atom. The second kappa shape index (κ2) is 6.60. The molecule has 0 bridgehead atoms. The van der Waals surface area contributed by atoms with Gasteiger partial charge in [-0.15, -0.1) is 12.4 Å². The van der Waals surface area contributed by atoms with Gasteiger partial charge in [0.1, 0.15) is 0 Å². The van der Waals surface area contributed by atoms with Gasteiger partial charge in [-0.25, -0.2) is 0 Å². The monoisotopic (exact) mass is 342 g/mol. The maximum absolute atomic E-state index is 12.8. The average molecular weight is 343 g/mol. The van der Waals surface area contributed by atoms with Gasteiger partial charge in [0.2, 0.25) is 5.91 Å². The molecule has 0 spiro atoms. The summed E-state index contributed by atoms with van der Waals surface area (Å²) < 4.78 is 76.7. The number of carbonyl (C=O) groups is 1. The molecule has 2 N–H and O–H groups in total. The summed E-state index contributed by atoms with van der Waals surface area (Å²) in [5, 5.41) is 0. The van der Waals surface area contributed by atoms with Crippen LogP contribution in [0.5, 0.6) is 0 Å². The van der Waals surface area contributed by atoms with Gasteiger partial charge in [0.15, 0.2) is 5.41 Å². The second-order valence-corrected chi connectivity index (χ2v) is 5.16. The third-order valence-electron chi connectivity index (χ3n) is 3.52. The molecule has 1 heterocycles. The van der Waals surface area contributed by atoms with Gasteiger partial charge < -0.3 is 10.6 Å². The van der Waals surface area contributed by atoms with E-state index in [-0.39, 0.29) is 31.3 Å². The van der Waals surface area contributed by atoms with E-state index in [0.717, 1.165) is 0 Å². The van der Waals surface area contributed by atoms with Crippen LogP contribution < -0.4 is 5.73 Å². The number of nitrogens with two attached hydrogens (primary N) is 1. The highest BCUT2D eigenvalue weighted by atomic mass is 35.5. The van der Waals surface area contributed by atoms with Gasteiger partial charge in [0.25, 0.3) is 0 Å². The average Bonchev–Trinajstić information content (AvgIpc) is 2.70. The predicted octanol–water partition coefficient (Wildman–Crippen LogP) is 2.88. The van der Waals surface area contributed by atoms with Crippen molar-refractivity contribution in [2.24, 2.45) is 11.1 Å². The van der Waals surface area contributed by atoms with E-state index in [0.29, 0.717) is 4.90 Å². The van der Waals surface area contributed by atoms with Crippen LogP contribution in [-0.2, 0) is 4.79 Å². The Kier molecular flexibility index (Phi) is 6.38. The summed E-state index contributed by atoms with van der Waals surface area (Å²) in [5.41, 5.74) is 1.58. The molecule has 126 valence electrons. The van der Waals surface area contributed by atoms with Crippen molar-refractivity contribution in [3.63, 3.8) is 0 Å². The molecule has 1 aliphatic rings. The molecule has 1 fully saturated rings. The molecule has 1 saturated heterocycles. The molecular weight excluding hydrogens is 326 g/mol. The van der Waals surface area contributed by atoms with Gasteiger partial charge in [-0.05, 0) is 19.8 Å². The van der Waals surface area contributed by atoms with Crippen molar-refractivity contribution in [1.29, 1.82) is 0 Å². The van der Waals surface area contributed by atoms with Crippen LogP contribution in [0, 0.1) is 5.41 Å². The third-order valence-corrected chi connectivity index (χ3v) is 3.52. The first-order chi connectivity index (χ1) is 8.91. The largest absolute Gasteiger partial charge is 0.404 e. The Hall–Kier alpha value is -0.700. The van der Waals surface area contributed by atoms with E-state index in [1.165, 1.54) is 0 Å². The van der Waals surface area contributed by atoms with Crippen LogP contribution in [0.1, 0.15) is 26.2 Å². The Labute approximate surface area is 124 Å². The fourth-order valence-electron chi connectivity index (χ4n) is 2.16. The van der Waals surface area contributed by atoms with Crippen molar-refractivity contribution in [1.82, 2.24) is 4.90 Å². The fourth-order valence-corrected chi connectivity index (χ4v) is 2.16. The van der Waals surface area contributed by atoms with Crippen LogP contribution in [0.15, 0.2) is 0 Å². The maximum Gasteiger partial charge on any atom is 0.404 e. The van der Waals surface area contributed by atoms with E-state index < -0.39 is 43.2 Å². The molecule has 0 aliphatic carbocycles. The molecule has 0 aromatic carbocycles. The van der Waals surface area contributed by atoms with Gasteiger partial charge in [-0.1, -0.05) is 0 Å². The van der Waals surface area contributed by atoms with E-state index in [4.69, 9.17) is 5.73 Å². The number of halogens is 7. The van der Waals surface area contributed by atoms with Gasteiger partial charge in [0.05, 0.1) is 0 Å². The van der Waals surface area contributed by atoms with Crippen molar-refractivity contribution in [2.75, 3.05) is 13.1 Å². The van der Waals surface area contributed by atoms with E-state index in [2.05, 4.69) is 0 Å². The number of alkyl halides is 6. The lowest BCUT2D eigenvalue weighted by atomic mass is 9.85. The minimum atomic E-state index is -5.43. The molecular formula is C11H17ClF6N2O. The minimum absolute atomic E-state index is 0. The summed E-state index contributed by atoms with van der Waals surface area (Å²) >= 11 is 0. The van der Waals surface area contributed by atoms with Crippen LogP contribution in [-0.4, -0.2) is 42.3 Å². The van der Waals surface area contributed by atoms with Crippen LogP contribution in [0.3, 0.4) is 0 Å². The molecule has 0 aromatic rings. The quantitative estimate of drug-likeness (QED) is 0.802. The summed E-state index contributed by atoms with van der Waals surface area (Å²) in [6.45, 7) is -0.304. The molecule has 1 atom stereocenters. The number of rotatable bonds is 3. The van der Waals surface area contributed by atoms with E-state index in [9.17, 15) is 31.1 Å². The number of likely N-dealkylation sites (tertiary alicyclic amines) is 1. The number of carbonyl (C=O) groups excluding carboxylic acids is 1. The van der Waals surface area contributed by atoms with Crippen molar-refractivity contribution >= 4 is 18.3 Å². The number of hydrogen-bond donors (Lipinski definition) is 1. The molecule has 21 heavy (non-hydrogen) atoms. The second-order valence-electron chi connectivity index (χ2n) is 5.16. The van der Waals surface area contributed by atoms with Gasteiger partial charge in [-0.2, -0.15) is 26.3 Å². The lowest BCUT2D eigenvalue weighted by Gasteiger charge is -2.33. The number of nitrogens with zero attached hydrogens (tertiary/aromatic N) is 1. The van der Waals surface area contributed by atoms with Crippen LogP contribution in [0.25, 0.3) is 0 Å². The number of amides is 1.